The number of hydrogen-bond donors (Lipinski definition) is 1. The molecule has 1 aromatic carbocycles. The molecule has 0 aliphatic carbocycles. The molecule has 0 aliphatic rings. The Morgan fingerprint density at radius 1 is 1.29 bits per heavy atom. The summed E-state index contributed by atoms with van der Waals surface area (Å²) in [5.74, 6) is 0.707. The van der Waals surface area contributed by atoms with Gasteiger partial charge in [0.15, 0.2) is 0 Å². The molecule has 84 valence electrons. The van der Waals surface area contributed by atoms with Crippen molar-refractivity contribution in [3.63, 3.8) is 0 Å². The van der Waals surface area contributed by atoms with E-state index in [1.807, 2.05) is 47.2 Å². The maximum atomic E-state index is 6.24. The van der Waals surface area contributed by atoms with Crippen LogP contribution >= 0.6 is 22.9 Å². The lowest BCUT2D eigenvalue weighted by molar-refractivity contribution is 1.29. The highest BCUT2D eigenvalue weighted by molar-refractivity contribution is 7.08. The standard InChI is InChI=1S/C13H9ClN2S/c14-10(7-9-5-6-17-8-9)13-15-11-3-1-2-4-12(11)16-13/h1-8H,(H,15,16)/b10-7+. The molecule has 2 nitrogen and oxygen atoms in total. The Bertz CT molecular complexity index is 635. The van der Waals surface area contributed by atoms with Crippen molar-refractivity contribution in [3.05, 3.63) is 52.5 Å². The highest BCUT2D eigenvalue weighted by atomic mass is 35.5. The second-order valence-electron chi connectivity index (χ2n) is 3.65. The summed E-state index contributed by atoms with van der Waals surface area (Å²) in [5.41, 5.74) is 3.03. The molecular weight excluding hydrogens is 252 g/mol. The predicted molar refractivity (Wildman–Crippen MR) is 74.1 cm³/mol. The molecule has 3 rings (SSSR count). The maximum absolute atomic E-state index is 6.24. The van der Waals surface area contributed by atoms with Crippen LogP contribution in [-0.4, -0.2) is 9.97 Å². The molecule has 0 saturated heterocycles. The molecule has 0 bridgehead atoms. The predicted octanol–water partition coefficient (Wildman–Crippen LogP) is 4.36. The number of fused-ring (bicyclic) bond motifs is 1. The third-order valence-corrected chi connectivity index (χ3v) is 3.44. The molecule has 2 aromatic heterocycles. The lowest BCUT2D eigenvalue weighted by Crippen LogP contribution is -1.79. The summed E-state index contributed by atoms with van der Waals surface area (Å²) in [5, 5.41) is 4.69. The SMILES string of the molecule is Cl/C(=C/c1ccsc1)c1nc2ccccc2[nH]1. The summed E-state index contributed by atoms with van der Waals surface area (Å²) in [4.78, 5) is 7.64. The number of para-hydroxylation sites is 2. The van der Waals surface area contributed by atoms with Crippen LogP contribution in [0.2, 0.25) is 0 Å². The summed E-state index contributed by atoms with van der Waals surface area (Å²) in [6.07, 6.45) is 1.91. The van der Waals surface area contributed by atoms with Gasteiger partial charge in [0, 0.05) is 0 Å². The molecule has 0 fully saturated rings. The van der Waals surface area contributed by atoms with Crippen molar-refractivity contribution in [1.82, 2.24) is 9.97 Å². The summed E-state index contributed by atoms with van der Waals surface area (Å²) >= 11 is 7.89. The van der Waals surface area contributed by atoms with Crippen LogP contribution in [0.15, 0.2) is 41.1 Å². The number of hydrogen-bond acceptors (Lipinski definition) is 2. The molecule has 0 atom stereocenters. The van der Waals surface area contributed by atoms with E-state index in [0.29, 0.717) is 10.9 Å². The average molecular weight is 261 g/mol. The van der Waals surface area contributed by atoms with Crippen molar-refractivity contribution in [3.8, 4) is 0 Å². The van der Waals surface area contributed by atoms with Crippen molar-refractivity contribution in [1.29, 1.82) is 0 Å². The van der Waals surface area contributed by atoms with Gasteiger partial charge in [0.05, 0.1) is 16.1 Å². The number of aromatic nitrogens is 2. The molecule has 2 heterocycles. The molecule has 0 amide bonds. The normalized spacial score (nSPS) is 12.2. The van der Waals surface area contributed by atoms with Gasteiger partial charge in [0.2, 0.25) is 0 Å². The molecule has 3 aromatic rings. The monoisotopic (exact) mass is 260 g/mol. The molecule has 0 spiro atoms. The van der Waals surface area contributed by atoms with E-state index in [4.69, 9.17) is 11.6 Å². The van der Waals surface area contributed by atoms with Crippen molar-refractivity contribution in [2.24, 2.45) is 0 Å². The summed E-state index contributed by atoms with van der Waals surface area (Å²) in [7, 11) is 0. The first kappa shape index (κ1) is 10.6. The Labute approximate surface area is 108 Å². The van der Waals surface area contributed by atoms with Gasteiger partial charge >= 0.3 is 0 Å². The van der Waals surface area contributed by atoms with Gasteiger partial charge in [-0.2, -0.15) is 11.3 Å². The van der Waals surface area contributed by atoms with Crippen molar-refractivity contribution < 1.29 is 0 Å². The Hall–Kier alpha value is -1.58. The minimum Gasteiger partial charge on any atom is -0.337 e. The zero-order valence-electron chi connectivity index (χ0n) is 8.85. The number of rotatable bonds is 2. The van der Waals surface area contributed by atoms with E-state index in [1.165, 1.54) is 0 Å². The summed E-state index contributed by atoms with van der Waals surface area (Å²) < 4.78 is 0. The molecule has 4 heteroatoms. The zero-order chi connectivity index (χ0) is 11.7. The molecule has 17 heavy (non-hydrogen) atoms. The quantitative estimate of drug-likeness (QED) is 0.729. The van der Waals surface area contributed by atoms with Crippen LogP contribution in [0.1, 0.15) is 11.4 Å². The van der Waals surface area contributed by atoms with Gasteiger partial charge < -0.3 is 4.98 Å². The minimum absolute atomic E-state index is 0.625. The molecule has 1 N–H and O–H groups in total. The highest BCUT2D eigenvalue weighted by Gasteiger charge is 2.05. The maximum Gasteiger partial charge on any atom is 0.150 e. The fraction of sp³-hybridized carbons (Fsp3) is 0. The van der Waals surface area contributed by atoms with Crippen LogP contribution in [0.25, 0.3) is 22.1 Å². The second kappa shape index (κ2) is 4.35. The summed E-state index contributed by atoms with van der Waals surface area (Å²) in [6.45, 7) is 0. The van der Waals surface area contributed by atoms with E-state index >= 15 is 0 Å². The number of nitrogens with one attached hydrogen (secondary N) is 1. The van der Waals surface area contributed by atoms with Gasteiger partial charge in [-0.05, 0) is 40.6 Å². The third kappa shape index (κ3) is 2.12. The zero-order valence-corrected chi connectivity index (χ0v) is 10.4. The van der Waals surface area contributed by atoms with Gasteiger partial charge in [0.1, 0.15) is 5.82 Å². The number of thiophene rings is 1. The fourth-order valence-corrected chi connectivity index (χ4v) is 2.47. The number of nitrogens with zero attached hydrogens (tertiary/aromatic N) is 1. The molecule has 0 aliphatic heterocycles. The van der Waals surface area contributed by atoms with Crippen LogP contribution in [0.5, 0.6) is 0 Å². The Morgan fingerprint density at radius 2 is 2.18 bits per heavy atom. The Balaban J connectivity index is 2.03. The first-order chi connectivity index (χ1) is 8.33. The Kier molecular flexibility index (Phi) is 2.71. The number of halogens is 1. The lowest BCUT2D eigenvalue weighted by Gasteiger charge is -1.91. The number of aromatic amines is 1. The van der Waals surface area contributed by atoms with E-state index in [9.17, 15) is 0 Å². The largest absolute Gasteiger partial charge is 0.337 e. The molecular formula is C13H9ClN2S. The van der Waals surface area contributed by atoms with Gasteiger partial charge in [-0.3, -0.25) is 0 Å². The van der Waals surface area contributed by atoms with E-state index in [0.717, 1.165) is 16.6 Å². The Morgan fingerprint density at radius 3 is 2.94 bits per heavy atom. The number of benzene rings is 1. The van der Waals surface area contributed by atoms with Crippen LogP contribution < -0.4 is 0 Å². The van der Waals surface area contributed by atoms with Crippen LogP contribution in [0.4, 0.5) is 0 Å². The smallest absolute Gasteiger partial charge is 0.150 e. The highest BCUT2D eigenvalue weighted by Crippen LogP contribution is 2.23. The summed E-state index contributed by atoms with van der Waals surface area (Å²) in [6, 6.07) is 9.91. The fourth-order valence-electron chi connectivity index (χ4n) is 1.64. The van der Waals surface area contributed by atoms with E-state index in [-0.39, 0.29) is 0 Å². The van der Waals surface area contributed by atoms with Crippen molar-refractivity contribution >= 4 is 45.1 Å². The van der Waals surface area contributed by atoms with E-state index in [2.05, 4.69) is 9.97 Å². The number of H-pyrrole nitrogens is 1. The first-order valence-corrected chi connectivity index (χ1v) is 6.49. The second-order valence-corrected chi connectivity index (χ2v) is 4.84. The minimum atomic E-state index is 0.625. The van der Waals surface area contributed by atoms with Crippen LogP contribution in [-0.2, 0) is 0 Å². The van der Waals surface area contributed by atoms with E-state index in [1.54, 1.807) is 11.3 Å². The first-order valence-electron chi connectivity index (χ1n) is 5.17. The van der Waals surface area contributed by atoms with Crippen LogP contribution in [0, 0.1) is 0 Å². The lowest BCUT2D eigenvalue weighted by atomic mass is 10.3. The average Bonchev–Trinajstić information content (AvgIpc) is 2.96. The molecule has 0 radical (unpaired) electrons. The van der Waals surface area contributed by atoms with E-state index < -0.39 is 0 Å². The van der Waals surface area contributed by atoms with Gasteiger partial charge in [-0.1, -0.05) is 23.7 Å². The van der Waals surface area contributed by atoms with Gasteiger partial charge in [0.25, 0.3) is 0 Å². The third-order valence-electron chi connectivity index (χ3n) is 2.45. The van der Waals surface area contributed by atoms with Gasteiger partial charge in [-0.15, -0.1) is 0 Å². The van der Waals surface area contributed by atoms with Gasteiger partial charge in [-0.25, -0.2) is 4.98 Å². The molecule has 0 saturated carbocycles. The van der Waals surface area contributed by atoms with Crippen molar-refractivity contribution in [2.45, 2.75) is 0 Å². The number of imidazole rings is 1. The van der Waals surface area contributed by atoms with Crippen LogP contribution in [0.3, 0.4) is 0 Å². The van der Waals surface area contributed by atoms with Crippen molar-refractivity contribution in [2.75, 3.05) is 0 Å². The molecule has 0 unspecified atom stereocenters. The topological polar surface area (TPSA) is 28.7 Å².